The molecule has 2 rings (SSSR count). The molecule has 0 aliphatic carbocycles. The summed E-state index contributed by atoms with van der Waals surface area (Å²) in [6.45, 7) is 0. The maximum absolute atomic E-state index is 12.5. The number of rotatable bonds is 4. The van der Waals surface area contributed by atoms with Gasteiger partial charge in [0.25, 0.3) is 5.91 Å². The van der Waals surface area contributed by atoms with Crippen LogP contribution in [0.5, 0.6) is 0 Å². The molecule has 8 heteroatoms. The third kappa shape index (κ3) is 4.35. The number of nitrogens with one attached hydrogen (secondary N) is 1. The van der Waals surface area contributed by atoms with E-state index in [9.17, 15) is 13.2 Å². The Morgan fingerprint density at radius 3 is 2.04 bits per heavy atom. The second-order valence-corrected chi connectivity index (χ2v) is 8.12. The fraction of sp³-hybridized carbons (Fsp3) is 0. The Morgan fingerprint density at radius 1 is 0.957 bits per heavy atom. The Bertz CT molecular complexity index is 846. The molecule has 2 aromatic rings. The molecule has 0 atom stereocenters. The molecule has 0 saturated heterocycles. The van der Waals surface area contributed by atoms with Gasteiger partial charge in [0.05, 0.1) is 4.90 Å². The first-order valence-electron chi connectivity index (χ1n) is 6.24. The molecule has 1 amide bonds. The van der Waals surface area contributed by atoms with E-state index in [2.05, 4.69) is 21.2 Å². The van der Waals surface area contributed by atoms with Gasteiger partial charge in [0.15, 0.2) is 5.03 Å². The lowest BCUT2D eigenvalue weighted by atomic mass is 10.2. The van der Waals surface area contributed by atoms with Gasteiger partial charge in [-0.2, -0.15) is 0 Å². The Kier molecular flexibility index (Phi) is 5.86. The summed E-state index contributed by atoms with van der Waals surface area (Å²) in [5.74, 6) is -0.634. The van der Waals surface area contributed by atoms with Crippen molar-refractivity contribution in [3.8, 4) is 0 Å². The number of halogens is 3. The Hall–Kier alpha value is -1.34. The highest BCUT2D eigenvalue weighted by molar-refractivity contribution is 9.10. The molecule has 0 spiro atoms. The predicted molar refractivity (Wildman–Crippen MR) is 94.0 cm³/mol. The third-order valence-electron chi connectivity index (χ3n) is 2.83. The summed E-state index contributed by atoms with van der Waals surface area (Å²) in [4.78, 5) is 12.2. The molecule has 0 aromatic heterocycles. The molecule has 4 nitrogen and oxygen atoms in total. The molecule has 1 N–H and O–H groups in total. The second-order valence-electron chi connectivity index (χ2n) is 4.37. The zero-order valence-corrected chi connectivity index (χ0v) is 15.4. The van der Waals surface area contributed by atoms with Gasteiger partial charge in [-0.15, -0.1) is 0 Å². The van der Waals surface area contributed by atoms with E-state index in [0.717, 1.165) is 4.47 Å². The average molecular weight is 435 g/mol. The van der Waals surface area contributed by atoms with E-state index in [1.807, 2.05) is 0 Å². The van der Waals surface area contributed by atoms with Gasteiger partial charge in [-0.05, 0) is 36.4 Å². The fourth-order valence-electron chi connectivity index (χ4n) is 1.71. The highest BCUT2D eigenvalue weighted by atomic mass is 79.9. The number of sulfone groups is 1. The largest absolute Gasteiger partial charge is 0.310 e. The first-order chi connectivity index (χ1) is 10.8. The Labute approximate surface area is 152 Å². The van der Waals surface area contributed by atoms with Crippen LogP contribution in [-0.4, -0.2) is 14.3 Å². The molecule has 23 heavy (non-hydrogen) atoms. The van der Waals surface area contributed by atoms with Crippen LogP contribution in [0, 0.1) is 0 Å². The van der Waals surface area contributed by atoms with Gasteiger partial charge in [0.2, 0.25) is 9.84 Å². The quantitative estimate of drug-likeness (QED) is 0.781. The highest BCUT2D eigenvalue weighted by Gasteiger charge is 2.26. The summed E-state index contributed by atoms with van der Waals surface area (Å²) in [5.41, 5.74) is 0.267. The van der Waals surface area contributed by atoms with Gasteiger partial charge in [-0.3, -0.25) is 4.79 Å². The minimum atomic E-state index is -4.04. The first kappa shape index (κ1) is 18.0. The summed E-state index contributed by atoms with van der Waals surface area (Å²) >= 11 is 14.6. The van der Waals surface area contributed by atoms with Crippen molar-refractivity contribution in [3.63, 3.8) is 0 Å². The zero-order chi connectivity index (χ0) is 17.0. The van der Waals surface area contributed by atoms with E-state index in [4.69, 9.17) is 23.2 Å². The van der Waals surface area contributed by atoms with Crippen molar-refractivity contribution in [1.29, 1.82) is 0 Å². The summed E-state index contributed by atoms with van der Waals surface area (Å²) in [5, 5.41) is 1.71. The molecule has 0 aliphatic rings. The molecular formula is C15H10BrCl2NO3S. The van der Waals surface area contributed by atoms with Gasteiger partial charge < -0.3 is 5.32 Å². The van der Waals surface area contributed by atoms with Crippen molar-refractivity contribution >= 4 is 54.9 Å². The third-order valence-corrected chi connectivity index (χ3v) is 5.69. The minimum absolute atomic E-state index is 0.0232. The van der Waals surface area contributed by atoms with Crippen molar-refractivity contribution in [1.82, 2.24) is 5.32 Å². The van der Waals surface area contributed by atoms with Crippen LogP contribution in [0.25, 0.3) is 0 Å². The SMILES string of the molecule is O=C(NC(=C(Cl)Cl)S(=O)(=O)c1ccccc1)c1ccc(Br)cc1. The predicted octanol–water partition coefficient (Wildman–Crippen LogP) is 4.26. The number of carbonyl (C=O) groups excluding carboxylic acids is 1. The van der Waals surface area contributed by atoms with Gasteiger partial charge in [-0.25, -0.2) is 8.42 Å². The van der Waals surface area contributed by atoms with Crippen molar-refractivity contribution in [2.24, 2.45) is 0 Å². The van der Waals surface area contributed by atoms with Crippen LogP contribution in [0.1, 0.15) is 10.4 Å². The lowest BCUT2D eigenvalue weighted by Crippen LogP contribution is -2.28. The van der Waals surface area contributed by atoms with Crippen molar-refractivity contribution in [2.75, 3.05) is 0 Å². The van der Waals surface area contributed by atoms with Gasteiger partial charge >= 0.3 is 0 Å². The van der Waals surface area contributed by atoms with Crippen LogP contribution >= 0.6 is 39.1 Å². The van der Waals surface area contributed by atoms with Gasteiger partial charge in [0, 0.05) is 10.0 Å². The number of benzene rings is 2. The summed E-state index contributed by atoms with van der Waals surface area (Å²) < 4.78 is 25.3. The molecule has 0 fully saturated rings. The standard InChI is InChI=1S/C15H10BrCl2NO3S/c16-11-8-6-10(7-9-11)14(20)19-15(13(17)18)23(21,22)12-4-2-1-3-5-12/h1-9H,(H,19,20). The maximum Gasteiger partial charge on any atom is 0.256 e. The van der Waals surface area contributed by atoms with Crippen LogP contribution in [0.15, 0.2) is 73.5 Å². The van der Waals surface area contributed by atoms with Gasteiger partial charge in [0.1, 0.15) is 4.49 Å². The maximum atomic E-state index is 12.5. The van der Waals surface area contributed by atoms with Crippen LogP contribution in [0.2, 0.25) is 0 Å². The molecule has 2 aromatic carbocycles. The highest BCUT2D eigenvalue weighted by Crippen LogP contribution is 2.24. The van der Waals surface area contributed by atoms with E-state index < -0.39 is 25.3 Å². The summed E-state index contributed by atoms with van der Waals surface area (Å²) in [6.07, 6.45) is 0. The van der Waals surface area contributed by atoms with Crippen molar-refractivity contribution in [2.45, 2.75) is 4.90 Å². The van der Waals surface area contributed by atoms with Crippen LogP contribution in [0.4, 0.5) is 0 Å². The molecule has 120 valence electrons. The fourth-order valence-corrected chi connectivity index (χ4v) is 3.86. The molecule has 0 aliphatic heterocycles. The topological polar surface area (TPSA) is 63.2 Å². The van der Waals surface area contributed by atoms with Crippen molar-refractivity contribution in [3.05, 3.63) is 74.2 Å². The van der Waals surface area contributed by atoms with Crippen LogP contribution in [0.3, 0.4) is 0 Å². The summed E-state index contributed by atoms with van der Waals surface area (Å²) in [7, 11) is -4.04. The van der Waals surface area contributed by atoms with E-state index in [-0.39, 0.29) is 10.5 Å². The zero-order valence-electron chi connectivity index (χ0n) is 11.5. The lowest BCUT2D eigenvalue weighted by Gasteiger charge is -2.11. The minimum Gasteiger partial charge on any atom is -0.310 e. The molecule has 0 bridgehead atoms. The number of carbonyl (C=O) groups is 1. The number of amides is 1. The monoisotopic (exact) mass is 433 g/mol. The van der Waals surface area contributed by atoms with E-state index in [0.29, 0.717) is 0 Å². The summed E-state index contributed by atoms with van der Waals surface area (Å²) in [6, 6.07) is 14.0. The van der Waals surface area contributed by atoms with Crippen LogP contribution < -0.4 is 5.32 Å². The van der Waals surface area contributed by atoms with Crippen LogP contribution in [-0.2, 0) is 9.84 Å². The van der Waals surface area contributed by atoms with Crippen molar-refractivity contribution < 1.29 is 13.2 Å². The molecule has 0 radical (unpaired) electrons. The first-order valence-corrected chi connectivity index (χ1v) is 9.28. The van der Waals surface area contributed by atoms with E-state index in [1.54, 1.807) is 30.3 Å². The van der Waals surface area contributed by atoms with E-state index >= 15 is 0 Å². The number of hydrogen-bond donors (Lipinski definition) is 1. The Balaban J connectivity index is 2.36. The molecular weight excluding hydrogens is 425 g/mol. The number of hydrogen-bond acceptors (Lipinski definition) is 3. The Morgan fingerprint density at radius 2 is 1.52 bits per heavy atom. The molecule has 0 unspecified atom stereocenters. The average Bonchev–Trinajstić information content (AvgIpc) is 2.53. The molecule has 0 heterocycles. The van der Waals surface area contributed by atoms with E-state index in [1.165, 1.54) is 24.3 Å². The smallest absolute Gasteiger partial charge is 0.256 e. The molecule has 0 saturated carbocycles. The van der Waals surface area contributed by atoms with Gasteiger partial charge in [-0.1, -0.05) is 57.3 Å². The normalized spacial score (nSPS) is 10.9. The second kappa shape index (κ2) is 7.49. The lowest BCUT2D eigenvalue weighted by molar-refractivity contribution is 0.0968.